The third-order valence-electron chi connectivity index (χ3n) is 3.65. The number of carbonyl (C=O) groups is 2. The molecule has 1 atom stereocenters. The summed E-state index contributed by atoms with van der Waals surface area (Å²) in [5.74, 6) is -2.55. The van der Waals surface area contributed by atoms with Gasteiger partial charge in [0.2, 0.25) is 5.91 Å². The first-order valence-electron chi connectivity index (χ1n) is 7.08. The number of benzene rings is 1. The van der Waals surface area contributed by atoms with Gasteiger partial charge in [0.1, 0.15) is 16.8 Å². The van der Waals surface area contributed by atoms with E-state index in [9.17, 15) is 24.1 Å². The minimum atomic E-state index is -0.846. The predicted molar refractivity (Wildman–Crippen MR) is 80.0 cm³/mol. The van der Waals surface area contributed by atoms with Crippen molar-refractivity contribution in [2.45, 2.75) is 12.5 Å². The fourth-order valence-electron chi connectivity index (χ4n) is 2.50. The number of amides is 2. The van der Waals surface area contributed by atoms with Crippen LogP contribution in [0.2, 0.25) is 0 Å². The highest BCUT2D eigenvalue weighted by atomic mass is 19.1. The van der Waals surface area contributed by atoms with Crippen LogP contribution in [0.15, 0.2) is 40.8 Å². The molecule has 0 spiro atoms. The Bertz CT molecular complexity index is 819. The second-order valence-corrected chi connectivity index (χ2v) is 5.15. The van der Waals surface area contributed by atoms with E-state index >= 15 is 0 Å². The lowest BCUT2D eigenvalue weighted by molar-refractivity contribution is -0.402. The Balaban J connectivity index is 1.70. The van der Waals surface area contributed by atoms with E-state index in [2.05, 4.69) is 5.32 Å². The van der Waals surface area contributed by atoms with Gasteiger partial charge in [0.25, 0.3) is 5.91 Å². The van der Waals surface area contributed by atoms with Gasteiger partial charge >= 0.3 is 5.88 Å². The number of hydrogen-bond donors (Lipinski definition) is 1. The first-order valence-corrected chi connectivity index (χ1v) is 7.08. The molecule has 8 nitrogen and oxygen atoms in total. The zero-order valence-electron chi connectivity index (χ0n) is 12.3. The fraction of sp³-hybridized carbons (Fsp3) is 0.200. The van der Waals surface area contributed by atoms with Gasteiger partial charge in [0.05, 0.1) is 11.8 Å². The van der Waals surface area contributed by atoms with Crippen LogP contribution in [0.25, 0.3) is 0 Å². The van der Waals surface area contributed by atoms with Gasteiger partial charge in [-0.15, -0.1) is 0 Å². The molecule has 1 aliphatic heterocycles. The molecular formula is C15H12FN3O5. The number of furan rings is 1. The Kier molecular flexibility index (Phi) is 3.98. The maximum absolute atomic E-state index is 13.8. The molecule has 1 N–H and O–H groups in total. The number of halogens is 1. The molecule has 0 radical (unpaired) electrons. The average molecular weight is 333 g/mol. The summed E-state index contributed by atoms with van der Waals surface area (Å²) >= 11 is 0. The number of carbonyl (C=O) groups excluding carboxylic acids is 2. The maximum Gasteiger partial charge on any atom is 0.433 e. The number of para-hydroxylation sites is 1. The molecule has 1 fully saturated rings. The molecule has 2 amide bonds. The van der Waals surface area contributed by atoms with E-state index in [1.54, 1.807) is 6.07 Å². The topological polar surface area (TPSA) is 106 Å². The molecular weight excluding hydrogens is 321 g/mol. The number of hydrogen-bond acceptors (Lipinski definition) is 5. The lowest BCUT2D eigenvalue weighted by Gasteiger charge is -2.17. The first kappa shape index (κ1) is 15.7. The molecule has 24 heavy (non-hydrogen) atoms. The number of nitro groups is 1. The summed E-state index contributed by atoms with van der Waals surface area (Å²) in [4.78, 5) is 35.4. The molecule has 1 aromatic heterocycles. The largest absolute Gasteiger partial charge is 0.433 e. The minimum Gasteiger partial charge on any atom is -0.395 e. The average Bonchev–Trinajstić information content (AvgIpc) is 3.17. The van der Waals surface area contributed by atoms with Crippen LogP contribution in [0.3, 0.4) is 0 Å². The molecule has 2 heterocycles. The quantitative estimate of drug-likeness (QED) is 0.679. The van der Waals surface area contributed by atoms with Crippen molar-refractivity contribution in [1.82, 2.24) is 5.32 Å². The molecule has 1 aromatic carbocycles. The van der Waals surface area contributed by atoms with Crippen molar-refractivity contribution in [1.29, 1.82) is 0 Å². The van der Waals surface area contributed by atoms with E-state index in [0.717, 1.165) is 12.1 Å². The van der Waals surface area contributed by atoms with Crippen LogP contribution < -0.4 is 10.2 Å². The van der Waals surface area contributed by atoms with Crippen molar-refractivity contribution in [3.63, 3.8) is 0 Å². The van der Waals surface area contributed by atoms with Crippen LogP contribution in [0.5, 0.6) is 0 Å². The van der Waals surface area contributed by atoms with Gasteiger partial charge in [-0.05, 0) is 24.6 Å². The Hall–Kier alpha value is -3.23. The Morgan fingerprint density at radius 2 is 2.08 bits per heavy atom. The number of rotatable bonds is 4. The molecule has 3 rings (SSSR count). The summed E-state index contributed by atoms with van der Waals surface area (Å²) in [5.41, 5.74) is 0.146. The number of nitrogens with zero attached hydrogens (tertiary/aromatic N) is 2. The molecule has 1 aliphatic rings. The second kappa shape index (κ2) is 6.11. The number of nitrogens with one attached hydrogen (secondary N) is 1. The second-order valence-electron chi connectivity index (χ2n) is 5.15. The third kappa shape index (κ3) is 2.83. The van der Waals surface area contributed by atoms with Gasteiger partial charge in [0, 0.05) is 6.54 Å². The molecule has 0 aliphatic carbocycles. The monoisotopic (exact) mass is 333 g/mol. The molecule has 0 unspecified atom stereocenters. The molecule has 2 aromatic rings. The summed E-state index contributed by atoms with van der Waals surface area (Å²) in [7, 11) is 0. The molecule has 0 saturated carbocycles. The van der Waals surface area contributed by atoms with E-state index in [1.807, 2.05) is 0 Å². The van der Waals surface area contributed by atoms with E-state index in [-0.39, 0.29) is 18.0 Å². The summed E-state index contributed by atoms with van der Waals surface area (Å²) in [6.07, 6.45) is 0.293. The Morgan fingerprint density at radius 3 is 2.75 bits per heavy atom. The standard InChI is InChI=1S/C15H12FN3O5/c16-9-3-1-2-4-11(9)18-8-7-10(15(18)21)17-14(20)12-5-6-13(24-12)19(22)23/h1-6,10H,7-8H2,(H,17,20)/t10-/m0/s1. The summed E-state index contributed by atoms with van der Waals surface area (Å²) < 4.78 is 18.6. The van der Waals surface area contributed by atoms with E-state index in [1.165, 1.54) is 23.1 Å². The van der Waals surface area contributed by atoms with Crippen molar-refractivity contribution in [2.75, 3.05) is 11.4 Å². The van der Waals surface area contributed by atoms with Gasteiger partial charge in [-0.1, -0.05) is 12.1 Å². The summed E-state index contributed by atoms with van der Waals surface area (Å²) in [5, 5.41) is 13.0. The maximum atomic E-state index is 13.8. The van der Waals surface area contributed by atoms with Gasteiger partial charge in [-0.25, -0.2) is 4.39 Å². The highest BCUT2D eigenvalue weighted by molar-refractivity contribution is 6.03. The van der Waals surface area contributed by atoms with Crippen LogP contribution in [0, 0.1) is 15.9 Å². The van der Waals surface area contributed by atoms with E-state index in [4.69, 9.17) is 4.42 Å². The van der Waals surface area contributed by atoms with E-state index < -0.39 is 34.5 Å². The molecule has 1 saturated heterocycles. The van der Waals surface area contributed by atoms with Crippen molar-refractivity contribution >= 4 is 23.4 Å². The lowest BCUT2D eigenvalue weighted by atomic mass is 10.2. The Labute approximate surface area is 135 Å². The summed E-state index contributed by atoms with van der Waals surface area (Å²) in [6, 6.07) is 7.21. The molecule has 9 heteroatoms. The highest BCUT2D eigenvalue weighted by Crippen LogP contribution is 2.24. The van der Waals surface area contributed by atoms with E-state index in [0.29, 0.717) is 6.42 Å². The smallest absolute Gasteiger partial charge is 0.395 e. The predicted octanol–water partition coefficient (Wildman–Crippen LogP) is 1.86. The van der Waals surface area contributed by atoms with Crippen molar-refractivity contribution in [3.05, 3.63) is 58.1 Å². The van der Waals surface area contributed by atoms with Crippen LogP contribution in [0.4, 0.5) is 16.0 Å². The van der Waals surface area contributed by atoms with Crippen LogP contribution in [-0.2, 0) is 4.79 Å². The van der Waals surface area contributed by atoms with Crippen LogP contribution in [-0.4, -0.2) is 29.3 Å². The van der Waals surface area contributed by atoms with Crippen molar-refractivity contribution in [3.8, 4) is 0 Å². The van der Waals surface area contributed by atoms with Gasteiger partial charge in [-0.2, -0.15) is 0 Å². The lowest BCUT2D eigenvalue weighted by Crippen LogP contribution is -2.41. The molecule has 124 valence electrons. The normalized spacial score (nSPS) is 17.1. The van der Waals surface area contributed by atoms with Gasteiger partial charge in [0.15, 0.2) is 5.76 Å². The zero-order chi connectivity index (χ0) is 17.3. The van der Waals surface area contributed by atoms with Crippen LogP contribution >= 0.6 is 0 Å². The molecule has 0 bridgehead atoms. The van der Waals surface area contributed by atoms with Gasteiger partial charge in [-0.3, -0.25) is 19.7 Å². The Morgan fingerprint density at radius 1 is 1.33 bits per heavy atom. The van der Waals surface area contributed by atoms with Crippen molar-refractivity contribution < 1.29 is 23.3 Å². The number of anilines is 1. The zero-order valence-corrected chi connectivity index (χ0v) is 12.3. The van der Waals surface area contributed by atoms with Crippen molar-refractivity contribution in [2.24, 2.45) is 0 Å². The fourth-order valence-corrected chi connectivity index (χ4v) is 2.50. The highest BCUT2D eigenvalue weighted by Gasteiger charge is 2.35. The summed E-state index contributed by atoms with van der Waals surface area (Å²) in [6.45, 7) is 0.253. The first-order chi connectivity index (χ1) is 11.5. The van der Waals surface area contributed by atoms with Gasteiger partial charge < -0.3 is 14.6 Å². The minimum absolute atomic E-state index is 0.146. The van der Waals surface area contributed by atoms with Crippen LogP contribution in [0.1, 0.15) is 17.0 Å². The third-order valence-corrected chi connectivity index (χ3v) is 3.65. The SMILES string of the molecule is O=C(N[C@H]1CCN(c2ccccc2F)C1=O)c1ccc([N+](=O)[O-])o1.